The Kier molecular flexibility index (Phi) is 5.60. The van der Waals surface area contributed by atoms with Gasteiger partial charge < -0.3 is 15.0 Å². The summed E-state index contributed by atoms with van der Waals surface area (Å²) in [5.41, 5.74) is -0.574. The van der Waals surface area contributed by atoms with Gasteiger partial charge in [0.1, 0.15) is 5.54 Å². The van der Waals surface area contributed by atoms with Gasteiger partial charge in [-0.3, -0.25) is 4.79 Å². The minimum Gasteiger partial charge on any atom is -0.468 e. The molecule has 0 radical (unpaired) electrons. The van der Waals surface area contributed by atoms with Crippen LogP contribution in [0.25, 0.3) is 0 Å². The van der Waals surface area contributed by atoms with Gasteiger partial charge in [-0.1, -0.05) is 6.92 Å². The van der Waals surface area contributed by atoms with E-state index in [1.54, 1.807) is 0 Å². The number of nitrogens with one attached hydrogen (secondary N) is 1. The summed E-state index contributed by atoms with van der Waals surface area (Å²) in [6.45, 7) is 8.61. The molecule has 18 heavy (non-hydrogen) atoms. The van der Waals surface area contributed by atoms with Gasteiger partial charge in [-0.15, -0.1) is 0 Å². The molecule has 1 N–H and O–H groups in total. The number of carbonyl (C=O) groups is 1. The normalized spacial score (nSPS) is 28.7. The summed E-state index contributed by atoms with van der Waals surface area (Å²) >= 11 is 0. The maximum absolute atomic E-state index is 11.8. The summed E-state index contributed by atoms with van der Waals surface area (Å²) in [6, 6.07) is 0.609. The number of hydrogen-bond donors (Lipinski definition) is 1. The van der Waals surface area contributed by atoms with E-state index in [9.17, 15) is 4.79 Å². The second-order valence-corrected chi connectivity index (χ2v) is 5.72. The standard InChI is InChI=1S/C14H28N2O2/c1-11-7-6-9-16(12(11)2)10-8-14(3,15-4)13(17)18-5/h11-12,15H,6-10H2,1-5H3. The third-order valence-corrected chi connectivity index (χ3v) is 4.59. The van der Waals surface area contributed by atoms with Gasteiger partial charge in [0.15, 0.2) is 0 Å². The number of piperidine rings is 1. The van der Waals surface area contributed by atoms with Crippen LogP contribution in [0.5, 0.6) is 0 Å². The van der Waals surface area contributed by atoms with Crippen LogP contribution >= 0.6 is 0 Å². The number of carbonyl (C=O) groups excluding carboxylic acids is 1. The van der Waals surface area contributed by atoms with E-state index < -0.39 is 5.54 Å². The predicted octanol–water partition coefficient (Wildman–Crippen LogP) is 1.65. The summed E-state index contributed by atoms with van der Waals surface area (Å²) < 4.78 is 4.87. The molecular formula is C14H28N2O2. The van der Waals surface area contributed by atoms with Crippen molar-refractivity contribution in [2.75, 3.05) is 27.2 Å². The highest BCUT2D eigenvalue weighted by Gasteiger charge is 2.34. The van der Waals surface area contributed by atoms with Crippen LogP contribution in [0.1, 0.15) is 40.0 Å². The van der Waals surface area contributed by atoms with Crippen LogP contribution in [0, 0.1) is 5.92 Å². The van der Waals surface area contributed by atoms with E-state index in [1.165, 1.54) is 20.0 Å². The Morgan fingerprint density at radius 3 is 2.72 bits per heavy atom. The Morgan fingerprint density at radius 1 is 1.50 bits per heavy atom. The van der Waals surface area contributed by atoms with Crippen LogP contribution in [-0.2, 0) is 9.53 Å². The number of likely N-dealkylation sites (tertiary alicyclic amines) is 1. The van der Waals surface area contributed by atoms with E-state index in [-0.39, 0.29) is 5.97 Å². The summed E-state index contributed by atoms with van der Waals surface area (Å²) in [5, 5.41) is 3.09. The molecule has 0 bridgehead atoms. The molecule has 1 rings (SSSR count). The highest BCUT2D eigenvalue weighted by molar-refractivity contribution is 5.80. The van der Waals surface area contributed by atoms with Crippen molar-refractivity contribution in [3.05, 3.63) is 0 Å². The van der Waals surface area contributed by atoms with Crippen molar-refractivity contribution in [2.24, 2.45) is 5.92 Å². The number of esters is 1. The third kappa shape index (κ3) is 3.45. The van der Waals surface area contributed by atoms with Gasteiger partial charge in [0, 0.05) is 12.6 Å². The Balaban J connectivity index is 2.54. The van der Waals surface area contributed by atoms with E-state index in [4.69, 9.17) is 4.74 Å². The Morgan fingerprint density at radius 2 is 2.17 bits per heavy atom. The van der Waals surface area contributed by atoms with E-state index in [0.29, 0.717) is 6.04 Å². The average Bonchev–Trinajstić information content (AvgIpc) is 2.39. The number of rotatable bonds is 5. The quantitative estimate of drug-likeness (QED) is 0.759. The minimum atomic E-state index is -0.574. The van der Waals surface area contributed by atoms with E-state index in [1.807, 2.05) is 14.0 Å². The summed E-state index contributed by atoms with van der Waals surface area (Å²) in [7, 11) is 3.27. The Hall–Kier alpha value is -0.610. The highest BCUT2D eigenvalue weighted by atomic mass is 16.5. The molecule has 1 heterocycles. The van der Waals surface area contributed by atoms with Crippen LogP contribution in [0.3, 0.4) is 0 Å². The second kappa shape index (κ2) is 6.53. The zero-order valence-electron chi connectivity index (χ0n) is 12.5. The summed E-state index contributed by atoms with van der Waals surface area (Å²) in [4.78, 5) is 14.3. The first-order valence-electron chi connectivity index (χ1n) is 6.96. The van der Waals surface area contributed by atoms with Gasteiger partial charge in [-0.25, -0.2) is 0 Å². The van der Waals surface area contributed by atoms with Crippen molar-refractivity contribution < 1.29 is 9.53 Å². The molecule has 4 nitrogen and oxygen atoms in total. The average molecular weight is 256 g/mol. The van der Waals surface area contributed by atoms with Crippen molar-refractivity contribution in [1.29, 1.82) is 0 Å². The SMILES string of the molecule is CNC(C)(CCN1CCCC(C)C1C)C(=O)OC. The molecule has 0 spiro atoms. The summed E-state index contributed by atoms with van der Waals surface area (Å²) in [5.74, 6) is 0.570. The van der Waals surface area contributed by atoms with Gasteiger partial charge in [-0.05, 0) is 52.6 Å². The predicted molar refractivity (Wildman–Crippen MR) is 73.5 cm³/mol. The van der Waals surface area contributed by atoms with Crippen molar-refractivity contribution in [1.82, 2.24) is 10.2 Å². The maximum atomic E-state index is 11.8. The monoisotopic (exact) mass is 256 g/mol. The van der Waals surface area contributed by atoms with Crippen molar-refractivity contribution in [3.63, 3.8) is 0 Å². The Labute approximate surface area is 111 Å². The first kappa shape index (κ1) is 15.4. The smallest absolute Gasteiger partial charge is 0.325 e. The second-order valence-electron chi connectivity index (χ2n) is 5.72. The fraction of sp³-hybridized carbons (Fsp3) is 0.929. The largest absolute Gasteiger partial charge is 0.468 e. The van der Waals surface area contributed by atoms with Crippen LogP contribution in [0.15, 0.2) is 0 Å². The fourth-order valence-electron chi connectivity index (χ4n) is 2.66. The van der Waals surface area contributed by atoms with Crippen molar-refractivity contribution in [3.8, 4) is 0 Å². The molecule has 0 saturated carbocycles. The molecule has 4 heteroatoms. The molecule has 3 atom stereocenters. The molecule has 0 aromatic rings. The maximum Gasteiger partial charge on any atom is 0.325 e. The molecule has 0 aromatic carbocycles. The minimum absolute atomic E-state index is 0.178. The molecule has 1 aliphatic heterocycles. The van der Waals surface area contributed by atoms with E-state index in [0.717, 1.165) is 25.4 Å². The topological polar surface area (TPSA) is 41.6 Å². The van der Waals surface area contributed by atoms with Crippen molar-refractivity contribution in [2.45, 2.75) is 51.6 Å². The molecule has 106 valence electrons. The zero-order valence-corrected chi connectivity index (χ0v) is 12.5. The Bertz CT molecular complexity index is 283. The number of ether oxygens (including phenoxy) is 1. The third-order valence-electron chi connectivity index (χ3n) is 4.59. The lowest BCUT2D eigenvalue weighted by Crippen LogP contribution is -2.52. The van der Waals surface area contributed by atoms with Crippen LogP contribution in [0.4, 0.5) is 0 Å². The lowest BCUT2D eigenvalue weighted by atomic mass is 9.90. The lowest BCUT2D eigenvalue weighted by molar-refractivity contribution is -0.148. The molecule has 0 aliphatic carbocycles. The molecule has 1 aliphatic rings. The first-order chi connectivity index (χ1) is 8.44. The van der Waals surface area contributed by atoms with Gasteiger partial charge in [-0.2, -0.15) is 0 Å². The number of methoxy groups -OCH3 is 1. The van der Waals surface area contributed by atoms with E-state index >= 15 is 0 Å². The van der Waals surface area contributed by atoms with Gasteiger partial charge in [0.2, 0.25) is 0 Å². The fourth-order valence-corrected chi connectivity index (χ4v) is 2.66. The van der Waals surface area contributed by atoms with E-state index in [2.05, 4.69) is 24.1 Å². The lowest BCUT2D eigenvalue weighted by Gasteiger charge is -2.39. The van der Waals surface area contributed by atoms with Crippen molar-refractivity contribution >= 4 is 5.97 Å². The summed E-state index contributed by atoms with van der Waals surface area (Å²) in [6.07, 6.45) is 3.37. The van der Waals surface area contributed by atoms with Crippen LogP contribution in [0.2, 0.25) is 0 Å². The molecule has 1 fully saturated rings. The molecule has 0 amide bonds. The molecule has 0 aromatic heterocycles. The zero-order chi connectivity index (χ0) is 13.8. The van der Waals surface area contributed by atoms with Crippen LogP contribution in [-0.4, -0.2) is 49.7 Å². The molecule has 3 unspecified atom stereocenters. The molecule has 1 saturated heterocycles. The van der Waals surface area contributed by atoms with Crippen LogP contribution < -0.4 is 5.32 Å². The highest BCUT2D eigenvalue weighted by Crippen LogP contribution is 2.24. The number of nitrogens with zero attached hydrogens (tertiary/aromatic N) is 1. The number of likely N-dealkylation sites (N-methyl/N-ethyl adjacent to an activating group) is 1. The van der Waals surface area contributed by atoms with Gasteiger partial charge in [0.25, 0.3) is 0 Å². The first-order valence-corrected chi connectivity index (χ1v) is 6.96. The molecular weight excluding hydrogens is 228 g/mol. The van der Waals surface area contributed by atoms with Gasteiger partial charge >= 0.3 is 5.97 Å². The number of hydrogen-bond acceptors (Lipinski definition) is 4. The van der Waals surface area contributed by atoms with Gasteiger partial charge in [0.05, 0.1) is 7.11 Å².